The van der Waals surface area contributed by atoms with Crippen LogP contribution < -0.4 is 0 Å². The zero-order chi connectivity index (χ0) is 14.3. The molecule has 2 rings (SSSR count). The third-order valence-corrected chi connectivity index (χ3v) is 6.16. The van der Waals surface area contributed by atoms with Gasteiger partial charge in [0.15, 0.2) is 0 Å². The molecule has 3 nitrogen and oxygen atoms in total. The fourth-order valence-corrected chi connectivity index (χ4v) is 4.50. The molecule has 2 fully saturated rings. The predicted octanol–water partition coefficient (Wildman–Crippen LogP) is 2.98. The molecule has 2 saturated heterocycles. The second-order valence-electron chi connectivity index (χ2n) is 7.80. The number of quaternary nitrogens is 2. The number of rotatable bonds is 7. The highest BCUT2D eigenvalue weighted by atomic mass is 16.0. The predicted molar refractivity (Wildman–Crippen MR) is 91.4 cm³/mol. The molecule has 3 heteroatoms. The van der Waals surface area contributed by atoms with Gasteiger partial charge in [0.05, 0.1) is 52.9 Å². The fraction of sp³-hybridized carbons (Fsp3) is 1.00. The van der Waals surface area contributed by atoms with Crippen LogP contribution in [0.2, 0.25) is 0 Å². The maximum atomic E-state index is 2.49. The lowest BCUT2D eigenvalue weighted by molar-refractivity contribution is -0.931. The van der Waals surface area contributed by atoms with E-state index in [2.05, 4.69) is 14.0 Å². The van der Waals surface area contributed by atoms with Crippen LogP contribution in [-0.2, 0) is 0 Å². The van der Waals surface area contributed by atoms with Gasteiger partial charge in [-0.25, -0.2) is 0 Å². The molecule has 0 radical (unpaired) electrons. The Labute approximate surface area is 132 Å². The molecule has 0 unspecified atom stereocenters. The lowest BCUT2D eigenvalue weighted by Crippen LogP contribution is -2.52. The highest BCUT2D eigenvalue weighted by Crippen LogP contribution is 2.21. The molecule has 0 aromatic heterocycles. The molecule has 0 saturated carbocycles. The van der Waals surface area contributed by atoms with Gasteiger partial charge in [-0.1, -0.05) is 0 Å². The standard InChI is InChI=1S/C18H38N2.H2O/c1-3-20(17-11-6-12-18-20)16-10-5-9-15-19(2)13-7-4-8-14-19;/h3-18H2,1-2H3;1H2/q+2;. The average molecular weight is 301 g/mol. The van der Waals surface area contributed by atoms with Crippen LogP contribution in [0.1, 0.15) is 64.7 Å². The maximum Gasteiger partial charge on any atom is 0.0786 e. The van der Waals surface area contributed by atoms with Crippen LogP contribution in [0.3, 0.4) is 0 Å². The van der Waals surface area contributed by atoms with Crippen LogP contribution in [0.5, 0.6) is 0 Å². The summed E-state index contributed by atoms with van der Waals surface area (Å²) in [5, 5.41) is 0. The highest BCUT2D eigenvalue weighted by Gasteiger charge is 2.27. The van der Waals surface area contributed by atoms with Crippen molar-refractivity contribution in [2.75, 3.05) is 52.9 Å². The molecule has 2 aliphatic rings. The number of likely N-dealkylation sites (tertiary alicyclic amines) is 2. The van der Waals surface area contributed by atoms with Gasteiger partial charge in [0.1, 0.15) is 0 Å². The van der Waals surface area contributed by atoms with Crippen LogP contribution in [-0.4, -0.2) is 67.3 Å². The van der Waals surface area contributed by atoms with Gasteiger partial charge in [-0.05, 0) is 64.7 Å². The Morgan fingerprint density at radius 1 is 0.667 bits per heavy atom. The quantitative estimate of drug-likeness (QED) is 0.511. The van der Waals surface area contributed by atoms with Crippen molar-refractivity contribution < 1.29 is 14.4 Å². The van der Waals surface area contributed by atoms with Gasteiger partial charge < -0.3 is 14.4 Å². The van der Waals surface area contributed by atoms with Crippen molar-refractivity contribution in [3.05, 3.63) is 0 Å². The van der Waals surface area contributed by atoms with E-state index in [-0.39, 0.29) is 5.48 Å². The zero-order valence-corrected chi connectivity index (χ0v) is 14.7. The number of hydrogen-bond donors (Lipinski definition) is 0. The maximum absolute atomic E-state index is 2.49. The summed E-state index contributed by atoms with van der Waals surface area (Å²) in [7, 11) is 2.49. The molecule has 0 bridgehead atoms. The van der Waals surface area contributed by atoms with Gasteiger partial charge >= 0.3 is 0 Å². The summed E-state index contributed by atoms with van der Waals surface area (Å²) in [6, 6.07) is 0. The average Bonchev–Trinajstić information content (AvgIpc) is 2.48. The van der Waals surface area contributed by atoms with Crippen LogP contribution in [0, 0.1) is 0 Å². The molecule has 2 aliphatic heterocycles. The van der Waals surface area contributed by atoms with E-state index in [0.717, 1.165) is 0 Å². The third kappa shape index (κ3) is 5.88. The Bertz CT molecular complexity index is 268. The van der Waals surface area contributed by atoms with Crippen LogP contribution >= 0.6 is 0 Å². The monoisotopic (exact) mass is 300 g/mol. The minimum Gasteiger partial charge on any atom is -0.412 e. The largest absolute Gasteiger partial charge is 0.412 e. The first-order chi connectivity index (χ1) is 9.68. The van der Waals surface area contributed by atoms with Gasteiger partial charge in [-0.2, -0.15) is 0 Å². The van der Waals surface area contributed by atoms with Crippen molar-refractivity contribution >= 4 is 0 Å². The van der Waals surface area contributed by atoms with Crippen LogP contribution in [0.25, 0.3) is 0 Å². The summed E-state index contributed by atoms with van der Waals surface area (Å²) in [4.78, 5) is 0. The Kier molecular flexibility index (Phi) is 8.22. The molecular formula is C18H40N2O+2. The second kappa shape index (κ2) is 9.12. The smallest absolute Gasteiger partial charge is 0.0786 e. The molecule has 2 N–H and O–H groups in total. The van der Waals surface area contributed by atoms with Crippen LogP contribution in [0.15, 0.2) is 0 Å². The van der Waals surface area contributed by atoms with Gasteiger partial charge in [-0.15, -0.1) is 0 Å². The molecule has 0 aliphatic carbocycles. The van der Waals surface area contributed by atoms with E-state index in [4.69, 9.17) is 0 Å². The summed E-state index contributed by atoms with van der Waals surface area (Å²) in [5.74, 6) is 0. The normalized spacial score (nSPS) is 24.3. The molecule has 126 valence electrons. The van der Waals surface area contributed by atoms with Gasteiger partial charge in [0, 0.05) is 0 Å². The molecule has 0 atom stereocenters. The summed E-state index contributed by atoms with van der Waals surface area (Å²) < 4.78 is 2.81. The van der Waals surface area contributed by atoms with E-state index >= 15 is 0 Å². The van der Waals surface area contributed by atoms with Crippen molar-refractivity contribution in [1.82, 2.24) is 0 Å². The first-order valence-electron chi connectivity index (χ1n) is 9.37. The van der Waals surface area contributed by atoms with E-state index < -0.39 is 0 Å². The number of nitrogens with zero attached hydrogens (tertiary/aromatic N) is 2. The summed E-state index contributed by atoms with van der Waals surface area (Å²) in [5.41, 5.74) is 0. The first-order valence-corrected chi connectivity index (χ1v) is 9.37. The zero-order valence-electron chi connectivity index (χ0n) is 14.7. The molecule has 2 heterocycles. The summed E-state index contributed by atoms with van der Waals surface area (Å²) in [6.07, 6.45) is 13.2. The SMILES string of the molecule is CC[N+]1(CCCCC[N+]2(C)CCCCC2)CCCCC1.O. The fourth-order valence-electron chi connectivity index (χ4n) is 4.50. The number of hydrogen-bond acceptors (Lipinski definition) is 0. The first kappa shape index (κ1) is 18.9. The lowest BCUT2D eigenvalue weighted by atomic mass is 10.1. The Morgan fingerprint density at radius 2 is 1.19 bits per heavy atom. The topological polar surface area (TPSA) is 31.5 Å². The van der Waals surface area contributed by atoms with E-state index in [1.54, 1.807) is 0 Å². The second-order valence-corrected chi connectivity index (χ2v) is 7.80. The van der Waals surface area contributed by atoms with Crippen molar-refractivity contribution in [3.8, 4) is 0 Å². The van der Waals surface area contributed by atoms with Gasteiger partial charge in [-0.3, -0.25) is 0 Å². The molecule has 0 amide bonds. The van der Waals surface area contributed by atoms with Gasteiger partial charge in [0.25, 0.3) is 0 Å². The number of unbranched alkanes of at least 4 members (excludes halogenated alkanes) is 2. The van der Waals surface area contributed by atoms with E-state index in [9.17, 15) is 0 Å². The molecule has 0 spiro atoms. The van der Waals surface area contributed by atoms with E-state index in [0.29, 0.717) is 0 Å². The van der Waals surface area contributed by atoms with Crippen molar-refractivity contribution in [1.29, 1.82) is 0 Å². The molecule has 21 heavy (non-hydrogen) atoms. The summed E-state index contributed by atoms with van der Waals surface area (Å²) in [6.45, 7) is 12.5. The number of piperidine rings is 2. The lowest BCUT2D eigenvalue weighted by Gasteiger charge is -2.41. The van der Waals surface area contributed by atoms with Crippen molar-refractivity contribution in [3.63, 3.8) is 0 Å². The third-order valence-electron chi connectivity index (χ3n) is 6.16. The minimum atomic E-state index is 0. The molecule has 0 aromatic rings. The van der Waals surface area contributed by atoms with Crippen LogP contribution in [0.4, 0.5) is 0 Å². The van der Waals surface area contributed by atoms with Crippen molar-refractivity contribution in [2.45, 2.75) is 64.7 Å². The molecule has 0 aromatic carbocycles. The Hall–Kier alpha value is -0.120. The highest BCUT2D eigenvalue weighted by molar-refractivity contribution is 4.55. The molecular weight excluding hydrogens is 260 g/mol. The Morgan fingerprint density at radius 3 is 1.76 bits per heavy atom. The Balaban J connectivity index is 0.00000220. The van der Waals surface area contributed by atoms with E-state index in [1.807, 2.05) is 0 Å². The summed E-state index contributed by atoms with van der Waals surface area (Å²) >= 11 is 0. The van der Waals surface area contributed by atoms with E-state index in [1.165, 1.54) is 113 Å². The minimum absolute atomic E-state index is 0. The van der Waals surface area contributed by atoms with Gasteiger partial charge in [0.2, 0.25) is 0 Å². The van der Waals surface area contributed by atoms with Crippen molar-refractivity contribution in [2.24, 2.45) is 0 Å².